The van der Waals surface area contributed by atoms with Crippen LogP contribution >= 0.6 is 23.2 Å². The molecular formula is C24H19Cl2N3O. The van der Waals surface area contributed by atoms with E-state index in [4.69, 9.17) is 23.2 Å². The molecule has 1 aliphatic rings. The van der Waals surface area contributed by atoms with E-state index in [2.05, 4.69) is 4.99 Å². The van der Waals surface area contributed by atoms with Crippen LogP contribution in [-0.2, 0) is 4.79 Å². The topological polar surface area (TPSA) is 35.9 Å². The monoisotopic (exact) mass is 435 g/mol. The molecule has 0 unspecified atom stereocenters. The maximum atomic E-state index is 13.3. The molecule has 0 spiro atoms. The van der Waals surface area contributed by atoms with Gasteiger partial charge in [0.25, 0.3) is 5.91 Å². The molecule has 30 heavy (non-hydrogen) atoms. The molecule has 3 aromatic carbocycles. The maximum absolute atomic E-state index is 13.3. The maximum Gasteiger partial charge on any atom is 0.282 e. The van der Waals surface area contributed by atoms with Crippen molar-refractivity contribution in [1.29, 1.82) is 0 Å². The Labute approximate surface area is 185 Å². The number of aliphatic imine (C=N–C) groups is 1. The highest BCUT2D eigenvalue weighted by molar-refractivity contribution is 6.39. The lowest BCUT2D eigenvalue weighted by molar-refractivity contribution is -0.113. The highest BCUT2D eigenvalue weighted by Gasteiger charge is 2.33. The molecule has 4 rings (SSSR count). The van der Waals surface area contributed by atoms with Gasteiger partial charge in [0.05, 0.1) is 10.7 Å². The fourth-order valence-electron chi connectivity index (χ4n) is 3.20. The fourth-order valence-corrected chi connectivity index (χ4v) is 3.54. The molecule has 0 N–H and O–H groups in total. The van der Waals surface area contributed by atoms with E-state index in [1.54, 1.807) is 41.3 Å². The minimum atomic E-state index is -0.219. The van der Waals surface area contributed by atoms with Crippen molar-refractivity contribution in [3.63, 3.8) is 0 Å². The standard InChI is InChI=1S/C24H19Cl2N3O/c1-28(2)18-11-7-16(8-12-18)15-22-24(30)29(19-13-9-17(25)10-14-19)23(27-22)20-5-3-4-6-21(20)26/h3-15H,1-2H3/b22-15+. The van der Waals surface area contributed by atoms with Gasteiger partial charge in [-0.3, -0.25) is 9.69 Å². The van der Waals surface area contributed by atoms with Crippen molar-refractivity contribution in [2.45, 2.75) is 0 Å². The van der Waals surface area contributed by atoms with Crippen molar-refractivity contribution in [3.8, 4) is 0 Å². The first kappa shape index (κ1) is 20.2. The molecule has 0 aromatic heterocycles. The molecule has 150 valence electrons. The van der Waals surface area contributed by atoms with Gasteiger partial charge in [0.15, 0.2) is 0 Å². The number of rotatable bonds is 4. The molecule has 1 aliphatic heterocycles. The van der Waals surface area contributed by atoms with E-state index in [9.17, 15) is 4.79 Å². The van der Waals surface area contributed by atoms with E-state index in [1.165, 1.54) is 0 Å². The van der Waals surface area contributed by atoms with E-state index in [0.29, 0.717) is 32.8 Å². The van der Waals surface area contributed by atoms with Crippen LogP contribution in [0, 0.1) is 0 Å². The Bertz CT molecular complexity index is 1150. The summed E-state index contributed by atoms with van der Waals surface area (Å²) in [6.45, 7) is 0. The van der Waals surface area contributed by atoms with Crippen LogP contribution in [0.3, 0.4) is 0 Å². The highest BCUT2D eigenvalue weighted by atomic mass is 35.5. The molecule has 6 heteroatoms. The van der Waals surface area contributed by atoms with Crippen molar-refractivity contribution >= 4 is 52.4 Å². The first-order valence-corrected chi connectivity index (χ1v) is 10.1. The molecule has 4 nitrogen and oxygen atoms in total. The Morgan fingerprint density at radius 3 is 2.20 bits per heavy atom. The molecule has 0 saturated carbocycles. The minimum absolute atomic E-state index is 0.219. The van der Waals surface area contributed by atoms with Crippen molar-refractivity contribution in [3.05, 3.63) is 99.7 Å². The van der Waals surface area contributed by atoms with Gasteiger partial charge in [-0.2, -0.15) is 0 Å². The Kier molecular flexibility index (Phi) is 5.62. The summed E-state index contributed by atoms with van der Waals surface area (Å²) in [4.78, 5) is 21.6. The number of hydrogen-bond acceptors (Lipinski definition) is 3. The third-order valence-corrected chi connectivity index (χ3v) is 5.35. The summed E-state index contributed by atoms with van der Waals surface area (Å²) in [7, 11) is 3.97. The van der Waals surface area contributed by atoms with Gasteiger partial charge in [0.2, 0.25) is 0 Å². The number of halogens is 2. The average molecular weight is 436 g/mol. The smallest absolute Gasteiger partial charge is 0.282 e. The lowest BCUT2D eigenvalue weighted by atomic mass is 10.1. The summed E-state index contributed by atoms with van der Waals surface area (Å²) in [5.74, 6) is 0.271. The zero-order valence-corrected chi connectivity index (χ0v) is 18.0. The summed E-state index contributed by atoms with van der Waals surface area (Å²) in [6, 6.07) is 22.4. The van der Waals surface area contributed by atoms with E-state index in [-0.39, 0.29) is 5.91 Å². The SMILES string of the molecule is CN(C)c1ccc(/C=C2/N=C(c3ccccc3Cl)N(c3ccc(Cl)cc3)C2=O)cc1. The number of carbonyl (C=O) groups excluding carboxylic acids is 1. The van der Waals surface area contributed by atoms with Gasteiger partial charge in [0.1, 0.15) is 11.5 Å². The zero-order chi connectivity index (χ0) is 21.3. The summed E-state index contributed by atoms with van der Waals surface area (Å²) in [6.07, 6.45) is 1.79. The van der Waals surface area contributed by atoms with E-state index < -0.39 is 0 Å². The van der Waals surface area contributed by atoms with Crippen LogP contribution in [0.5, 0.6) is 0 Å². The summed E-state index contributed by atoms with van der Waals surface area (Å²) < 4.78 is 0. The number of carbonyl (C=O) groups is 1. The second kappa shape index (κ2) is 8.34. The molecule has 3 aromatic rings. The van der Waals surface area contributed by atoms with Crippen LogP contribution in [0.25, 0.3) is 6.08 Å². The Morgan fingerprint density at radius 1 is 0.900 bits per heavy atom. The minimum Gasteiger partial charge on any atom is -0.378 e. The van der Waals surface area contributed by atoms with Crippen LogP contribution in [0.1, 0.15) is 11.1 Å². The van der Waals surface area contributed by atoms with Crippen LogP contribution in [0.15, 0.2) is 83.5 Å². The number of anilines is 2. The van der Waals surface area contributed by atoms with Gasteiger partial charge >= 0.3 is 0 Å². The number of amidine groups is 1. The number of hydrogen-bond donors (Lipinski definition) is 0. The molecule has 0 fully saturated rings. The molecule has 0 bridgehead atoms. The molecular weight excluding hydrogens is 417 g/mol. The van der Waals surface area contributed by atoms with Crippen LogP contribution in [-0.4, -0.2) is 25.8 Å². The quantitative estimate of drug-likeness (QED) is 0.478. The normalized spacial score (nSPS) is 14.9. The van der Waals surface area contributed by atoms with Gasteiger partial charge in [-0.05, 0) is 60.2 Å². The first-order chi connectivity index (χ1) is 14.4. The third kappa shape index (κ3) is 3.97. The van der Waals surface area contributed by atoms with Crippen LogP contribution in [0.4, 0.5) is 11.4 Å². The second-order valence-corrected chi connectivity index (χ2v) is 7.89. The number of amides is 1. The molecule has 0 saturated heterocycles. The Morgan fingerprint density at radius 2 is 1.57 bits per heavy atom. The van der Waals surface area contributed by atoms with Crippen LogP contribution in [0.2, 0.25) is 10.0 Å². The molecule has 0 radical (unpaired) electrons. The molecule has 1 amide bonds. The van der Waals surface area contributed by atoms with Crippen molar-refractivity contribution in [2.75, 3.05) is 23.9 Å². The van der Waals surface area contributed by atoms with Gasteiger partial charge in [0, 0.05) is 30.4 Å². The van der Waals surface area contributed by atoms with Crippen LogP contribution < -0.4 is 9.80 Å². The number of nitrogens with zero attached hydrogens (tertiary/aromatic N) is 3. The lowest BCUT2D eigenvalue weighted by Crippen LogP contribution is -2.32. The Hall–Kier alpha value is -3.08. The average Bonchev–Trinajstić information content (AvgIpc) is 3.05. The predicted molar refractivity (Wildman–Crippen MR) is 126 cm³/mol. The third-order valence-electron chi connectivity index (χ3n) is 4.77. The molecule has 0 atom stereocenters. The van der Waals surface area contributed by atoms with E-state index in [0.717, 1.165) is 11.3 Å². The van der Waals surface area contributed by atoms with Gasteiger partial charge < -0.3 is 4.90 Å². The first-order valence-electron chi connectivity index (χ1n) is 9.37. The summed E-state index contributed by atoms with van der Waals surface area (Å²) in [5, 5.41) is 1.12. The lowest BCUT2D eigenvalue weighted by Gasteiger charge is -2.19. The second-order valence-electron chi connectivity index (χ2n) is 7.05. The van der Waals surface area contributed by atoms with Crippen molar-refractivity contribution in [1.82, 2.24) is 0 Å². The van der Waals surface area contributed by atoms with Gasteiger partial charge in [-0.15, -0.1) is 0 Å². The molecule has 1 heterocycles. The fraction of sp³-hybridized carbons (Fsp3) is 0.0833. The van der Waals surface area contributed by atoms with E-state index in [1.807, 2.05) is 61.5 Å². The largest absolute Gasteiger partial charge is 0.378 e. The summed E-state index contributed by atoms with van der Waals surface area (Å²) >= 11 is 12.5. The van der Waals surface area contributed by atoms with Gasteiger partial charge in [-0.25, -0.2) is 4.99 Å². The highest BCUT2D eigenvalue weighted by Crippen LogP contribution is 2.31. The van der Waals surface area contributed by atoms with Crippen molar-refractivity contribution < 1.29 is 4.79 Å². The predicted octanol–water partition coefficient (Wildman–Crippen LogP) is 5.89. The Balaban J connectivity index is 1.79. The summed E-state index contributed by atoms with van der Waals surface area (Å²) in [5.41, 5.74) is 3.68. The number of benzene rings is 3. The van der Waals surface area contributed by atoms with Crippen molar-refractivity contribution in [2.24, 2.45) is 4.99 Å². The van der Waals surface area contributed by atoms with Gasteiger partial charge in [-0.1, -0.05) is 47.5 Å². The van der Waals surface area contributed by atoms with E-state index >= 15 is 0 Å². The zero-order valence-electron chi connectivity index (χ0n) is 16.5. The molecule has 0 aliphatic carbocycles.